The van der Waals surface area contributed by atoms with Crippen LogP contribution in [0.25, 0.3) is 22.0 Å². The average molecular weight is 496 g/mol. The molecule has 2 atom stereocenters. The van der Waals surface area contributed by atoms with E-state index in [0.29, 0.717) is 17.9 Å². The molecule has 36 heavy (non-hydrogen) atoms. The Kier molecular flexibility index (Phi) is 6.95. The van der Waals surface area contributed by atoms with Gasteiger partial charge in [-0.3, -0.25) is 14.0 Å². The van der Waals surface area contributed by atoms with Crippen LogP contribution >= 0.6 is 0 Å². The molecule has 5 aromatic rings. The summed E-state index contributed by atoms with van der Waals surface area (Å²) in [7, 11) is -1.07. The van der Waals surface area contributed by atoms with Crippen LogP contribution < -0.4 is 5.32 Å². The number of nitrogens with one attached hydrogen (secondary N) is 1. The lowest BCUT2D eigenvalue weighted by Gasteiger charge is -2.19. The molecular formula is C28H25N5O2S. The smallest absolute Gasteiger partial charge is 0.252 e. The summed E-state index contributed by atoms with van der Waals surface area (Å²) in [6.07, 6.45) is 7.12. The molecule has 2 heterocycles. The van der Waals surface area contributed by atoms with Crippen LogP contribution in [-0.2, 0) is 17.3 Å². The van der Waals surface area contributed by atoms with E-state index in [1.165, 1.54) is 0 Å². The van der Waals surface area contributed by atoms with Crippen LogP contribution in [0.15, 0.2) is 97.5 Å². The molecule has 0 radical (unpaired) electrons. The van der Waals surface area contributed by atoms with Gasteiger partial charge in [0.05, 0.1) is 18.8 Å². The minimum atomic E-state index is -1.07. The van der Waals surface area contributed by atoms with E-state index in [4.69, 9.17) is 0 Å². The van der Waals surface area contributed by atoms with Crippen molar-refractivity contribution in [2.75, 3.05) is 12.0 Å². The molecule has 0 spiro atoms. The van der Waals surface area contributed by atoms with E-state index in [-0.39, 0.29) is 11.9 Å². The first-order chi connectivity index (χ1) is 17.6. The number of hydrogen-bond donors (Lipinski definition) is 1. The molecule has 3 aromatic carbocycles. The third kappa shape index (κ3) is 5.39. The van der Waals surface area contributed by atoms with Crippen molar-refractivity contribution in [3.63, 3.8) is 0 Å². The third-order valence-corrected chi connectivity index (χ3v) is 6.78. The standard InChI is InChI=1S/C28H25N5O2S/c1-36(35)19-27(20-7-3-2-4-8-20)30-28(34)25-10-6-5-9-24(25)17-33-18-26(31-32-33)22-11-12-23-16-29-14-13-21(23)15-22/h2-16,18,27H,17,19H2,1H3,(H,30,34). The van der Waals surface area contributed by atoms with Crippen LogP contribution in [0.5, 0.6) is 0 Å². The van der Waals surface area contributed by atoms with Crippen LogP contribution in [-0.4, -0.2) is 42.1 Å². The van der Waals surface area contributed by atoms with Crippen molar-refractivity contribution in [3.8, 4) is 11.3 Å². The predicted molar refractivity (Wildman–Crippen MR) is 142 cm³/mol. The SMILES string of the molecule is CS(=O)CC(NC(=O)c1ccccc1Cn1cc(-c2ccc3cnccc3c2)nn1)c1ccccc1. The first-order valence-electron chi connectivity index (χ1n) is 11.5. The number of nitrogens with zero attached hydrogens (tertiary/aromatic N) is 4. The van der Waals surface area contributed by atoms with Gasteiger partial charge in [0.15, 0.2) is 0 Å². The van der Waals surface area contributed by atoms with Gasteiger partial charge < -0.3 is 5.32 Å². The Hall–Kier alpha value is -4.17. The predicted octanol–water partition coefficient (Wildman–Crippen LogP) is 4.39. The molecule has 2 aromatic heterocycles. The zero-order valence-electron chi connectivity index (χ0n) is 19.7. The molecule has 0 saturated carbocycles. The Labute approximate surface area is 211 Å². The quantitative estimate of drug-likeness (QED) is 0.345. The van der Waals surface area contributed by atoms with Crippen molar-refractivity contribution in [3.05, 3.63) is 114 Å². The summed E-state index contributed by atoms with van der Waals surface area (Å²) in [5.74, 6) is 0.125. The van der Waals surface area contributed by atoms with Gasteiger partial charge in [-0.15, -0.1) is 5.10 Å². The molecule has 0 fully saturated rings. The van der Waals surface area contributed by atoms with Crippen molar-refractivity contribution in [2.45, 2.75) is 12.6 Å². The van der Waals surface area contributed by atoms with Crippen molar-refractivity contribution in [1.29, 1.82) is 0 Å². The van der Waals surface area contributed by atoms with Gasteiger partial charge in [-0.25, -0.2) is 4.68 Å². The van der Waals surface area contributed by atoms with Crippen LogP contribution in [0, 0.1) is 0 Å². The van der Waals surface area contributed by atoms with Gasteiger partial charge >= 0.3 is 0 Å². The largest absolute Gasteiger partial charge is 0.344 e. The first-order valence-corrected chi connectivity index (χ1v) is 13.3. The maximum Gasteiger partial charge on any atom is 0.252 e. The lowest BCUT2D eigenvalue weighted by molar-refractivity contribution is 0.0939. The lowest BCUT2D eigenvalue weighted by atomic mass is 10.0. The minimum absolute atomic E-state index is 0.214. The molecule has 7 nitrogen and oxygen atoms in total. The minimum Gasteiger partial charge on any atom is -0.344 e. The van der Waals surface area contributed by atoms with Crippen molar-refractivity contribution >= 4 is 27.5 Å². The van der Waals surface area contributed by atoms with E-state index in [1.54, 1.807) is 23.2 Å². The van der Waals surface area contributed by atoms with Crippen LogP contribution in [0.4, 0.5) is 0 Å². The van der Waals surface area contributed by atoms with Gasteiger partial charge in [0.1, 0.15) is 5.69 Å². The summed E-state index contributed by atoms with van der Waals surface area (Å²) < 4.78 is 13.7. The molecule has 0 aliphatic carbocycles. The number of aromatic nitrogens is 4. The molecule has 0 aliphatic heterocycles. The van der Waals surface area contributed by atoms with Crippen molar-refractivity contribution in [2.24, 2.45) is 0 Å². The van der Waals surface area contributed by atoms with E-state index in [1.807, 2.05) is 79.1 Å². The molecule has 8 heteroatoms. The van der Waals surface area contributed by atoms with E-state index < -0.39 is 10.8 Å². The average Bonchev–Trinajstić information content (AvgIpc) is 3.37. The molecule has 0 saturated heterocycles. The van der Waals surface area contributed by atoms with Gasteiger partial charge in [0.25, 0.3) is 5.91 Å². The molecule has 1 N–H and O–H groups in total. The summed E-state index contributed by atoms with van der Waals surface area (Å²) in [6.45, 7) is 0.393. The highest BCUT2D eigenvalue weighted by Gasteiger charge is 2.19. The highest BCUT2D eigenvalue weighted by molar-refractivity contribution is 7.84. The maximum absolute atomic E-state index is 13.3. The fourth-order valence-corrected chi connectivity index (χ4v) is 4.93. The molecule has 180 valence electrons. The molecule has 1 amide bonds. The molecule has 0 bridgehead atoms. The van der Waals surface area contributed by atoms with Crippen molar-refractivity contribution in [1.82, 2.24) is 25.3 Å². The number of pyridine rings is 1. The van der Waals surface area contributed by atoms with Crippen LogP contribution in [0.2, 0.25) is 0 Å². The number of carbonyl (C=O) groups is 1. The summed E-state index contributed by atoms with van der Waals surface area (Å²) in [4.78, 5) is 17.5. The number of rotatable bonds is 8. The lowest BCUT2D eigenvalue weighted by Crippen LogP contribution is -2.32. The highest BCUT2D eigenvalue weighted by atomic mass is 32.2. The summed E-state index contributed by atoms with van der Waals surface area (Å²) in [6, 6.07) is 24.8. The zero-order valence-corrected chi connectivity index (χ0v) is 20.6. The number of hydrogen-bond acceptors (Lipinski definition) is 5. The highest BCUT2D eigenvalue weighted by Crippen LogP contribution is 2.23. The third-order valence-electron chi connectivity index (χ3n) is 5.98. The first kappa shape index (κ1) is 23.6. The Morgan fingerprint density at radius 2 is 1.81 bits per heavy atom. The molecule has 5 rings (SSSR count). The zero-order chi connectivity index (χ0) is 24.9. The monoisotopic (exact) mass is 495 g/mol. The number of fused-ring (bicyclic) bond motifs is 1. The van der Waals surface area contributed by atoms with Crippen LogP contribution in [0.3, 0.4) is 0 Å². The number of carbonyl (C=O) groups excluding carboxylic acids is 1. The second-order valence-electron chi connectivity index (χ2n) is 8.57. The second kappa shape index (κ2) is 10.6. The van der Waals surface area contributed by atoms with Gasteiger partial charge in [-0.2, -0.15) is 0 Å². The normalized spacial score (nSPS) is 12.8. The molecule has 2 unspecified atom stereocenters. The summed E-state index contributed by atoms with van der Waals surface area (Å²) in [5.41, 5.74) is 4.01. The van der Waals surface area contributed by atoms with E-state index in [9.17, 15) is 9.00 Å². The second-order valence-corrected chi connectivity index (χ2v) is 10.1. The van der Waals surface area contributed by atoms with Gasteiger partial charge in [-0.1, -0.05) is 65.9 Å². The maximum atomic E-state index is 13.3. The Morgan fingerprint density at radius 3 is 2.64 bits per heavy atom. The van der Waals surface area contributed by atoms with E-state index in [2.05, 4.69) is 26.7 Å². The summed E-state index contributed by atoms with van der Waals surface area (Å²) >= 11 is 0. The van der Waals surface area contributed by atoms with E-state index in [0.717, 1.165) is 33.2 Å². The Balaban J connectivity index is 1.36. The number of benzene rings is 3. The topological polar surface area (TPSA) is 89.8 Å². The van der Waals surface area contributed by atoms with Gasteiger partial charge in [0, 0.05) is 51.7 Å². The van der Waals surface area contributed by atoms with Crippen molar-refractivity contribution < 1.29 is 9.00 Å². The van der Waals surface area contributed by atoms with Gasteiger partial charge in [-0.05, 0) is 34.7 Å². The summed E-state index contributed by atoms with van der Waals surface area (Å²) in [5, 5.41) is 13.9. The molecular weight excluding hydrogens is 470 g/mol. The fourth-order valence-electron chi connectivity index (χ4n) is 4.18. The molecule has 0 aliphatic rings. The van der Waals surface area contributed by atoms with Gasteiger partial charge in [0.2, 0.25) is 0 Å². The fraction of sp³-hybridized carbons (Fsp3) is 0.143. The van der Waals surface area contributed by atoms with E-state index >= 15 is 0 Å². The Morgan fingerprint density at radius 1 is 1.00 bits per heavy atom. The number of amides is 1. The Bertz CT molecular complexity index is 1530. The van der Waals surface area contributed by atoms with Crippen LogP contribution in [0.1, 0.15) is 27.5 Å².